The molecular formula is C19H18N2O2S. The fraction of sp³-hybridized carbons (Fsp3) is 0.158. The zero-order chi connectivity index (χ0) is 17.1. The molecule has 0 aliphatic rings. The lowest BCUT2D eigenvalue weighted by molar-refractivity contribution is 0.0702. The Morgan fingerprint density at radius 3 is 2.54 bits per heavy atom. The van der Waals surface area contributed by atoms with Crippen LogP contribution in [0.5, 0.6) is 0 Å². The van der Waals surface area contributed by atoms with E-state index in [0.717, 1.165) is 16.8 Å². The van der Waals surface area contributed by atoms with Crippen molar-refractivity contribution in [2.75, 3.05) is 11.4 Å². The van der Waals surface area contributed by atoms with E-state index in [2.05, 4.69) is 11.1 Å². The van der Waals surface area contributed by atoms with Crippen molar-refractivity contribution in [3.63, 3.8) is 0 Å². The van der Waals surface area contributed by atoms with Crippen LogP contribution >= 0.6 is 11.3 Å². The smallest absolute Gasteiger partial charge is 0.348 e. The maximum absolute atomic E-state index is 11.7. The van der Waals surface area contributed by atoms with Crippen LogP contribution in [-0.4, -0.2) is 22.6 Å². The Labute approximate surface area is 145 Å². The van der Waals surface area contributed by atoms with Gasteiger partial charge in [0, 0.05) is 17.8 Å². The van der Waals surface area contributed by atoms with Crippen LogP contribution in [-0.2, 0) is 0 Å². The highest BCUT2D eigenvalue weighted by Crippen LogP contribution is 2.36. The van der Waals surface area contributed by atoms with Crippen molar-refractivity contribution in [1.29, 1.82) is 0 Å². The second-order valence-electron chi connectivity index (χ2n) is 5.43. The van der Waals surface area contributed by atoms with Crippen molar-refractivity contribution in [2.24, 2.45) is 0 Å². The van der Waals surface area contributed by atoms with E-state index in [1.165, 1.54) is 11.3 Å². The molecule has 2 aromatic carbocycles. The number of hydrogen-bond donors (Lipinski definition) is 1. The standard InChI is InChI=1S/C19H18N2O2S/c1-3-21(15-11-7-8-13(2)12-15)19-20-16(17(24-19)18(22)23)14-9-5-4-6-10-14/h4-12H,3H2,1-2H3,(H,22,23). The average molecular weight is 338 g/mol. The van der Waals surface area contributed by atoms with Crippen LogP contribution in [0.4, 0.5) is 10.8 Å². The summed E-state index contributed by atoms with van der Waals surface area (Å²) in [4.78, 5) is 18.6. The lowest BCUT2D eigenvalue weighted by Gasteiger charge is -2.20. The van der Waals surface area contributed by atoms with Gasteiger partial charge >= 0.3 is 5.97 Å². The zero-order valence-electron chi connectivity index (χ0n) is 13.6. The molecule has 1 heterocycles. The molecule has 24 heavy (non-hydrogen) atoms. The van der Waals surface area contributed by atoms with Gasteiger partial charge in [0.1, 0.15) is 4.88 Å². The van der Waals surface area contributed by atoms with Gasteiger partial charge in [-0.1, -0.05) is 53.8 Å². The van der Waals surface area contributed by atoms with E-state index >= 15 is 0 Å². The Bertz CT molecular complexity index is 859. The Balaban J connectivity index is 2.09. The van der Waals surface area contributed by atoms with Crippen LogP contribution in [0.1, 0.15) is 22.2 Å². The van der Waals surface area contributed by atoms with Gasteiger partial charge in [-0.05, 0) is 31.5 Å². The number of carboxylic acids is 1. The highest BCUT2D eigenvalue weighted by molar-refractivity contribution is 7.18. The van der Waals surface area contributed by atoms with Gasteiger partial charge in [-0.15, -0.1) is 0 Å². The molecule has 0 aliphatic heterocycles. The number of aromatic nitrogens is 1. The summed E-state index contributed by atoms with van der Waals surface area (Å²) in [6.07, 6.45) is 0. The van der Waals surface area contributed by atoms with Crippen molar-refractivity contribution >= 4 is 28.1 Å². The second-order valence-corrected chi connectivity index (χ2v) is 6.41. The largest absolute Gasteiger partial charge is 0.477 e. The van der Waals surface area contributed by atoms with Crippen molar-refractivity contribution in [3.8, 4) is 11.3 Å². The first-order valence-corrected chi connectivity index (χ1v) is 8.55. The van der Waals surface area contributed by atoms with Crippen LogP contribution in [0.3, 0.4) is 0 Å². The highest BCUT2D eigenvalue weighted by atomic mass is 32.1. The van der Waals surface area contributed by atoms with Gasteiger partial charge in [0.25, 0.3) is 0 Å². The molecule has 0 atom stereocenters. The molecule has 3 aromatic rings. The van der Waals surface area contributed by atoms with Crippen LogP contribution in [0.15, 0.2) is 54.6 Å². The molecule has 1 aromatic heterocycles. The fourth-order valence-corrected chi connectivity index (χ4v) is 3.60. The lowest BCUT2D eigenvalue weighted by atomic mass is 10.1. The van der Waals surface area contributed by atoms with Crippen molar-refractivity contribution < 1.29 is 9.90 Å². The van der Waals surface area contributed by atoms with Crippen molar-refractivity contribution in [3.05, 3.63) is 65.0 Å². The number of hydrogen-bond acceptors (Lipinski definition) is 4. The monoisotopic (exact) mass is 338 g/mol. The second kappa shape index (κ2) is 6.84. The van der Waals surface area contributed by atoms with Gasteiger partial charge in [-0.3, -0.25) is 0 Å². The molecule has 0 aliphatic carbocycles. The minimum absolute atomic E-state index is 0.266. The molecule has 0 spiro atoms. The van der Waals surface area contributed by atoms with Crippen LogP contribution in [0.25, 0.3) is 11.3 Å². The van der Waals surface area contributed by atoms with E-state index in [-0.39, 0.29) is 4.88 Å². The Hall–Kier alpha value is -2.66. The molecule has 0 unspecified atom stereocenters. The molecule has 0 bridgehead atoms. The first-order valence-electron chi connectivity index (χ1n) is 7.74. The van der Waals surface area contributed by atoms with Gasteiger partial charge in [0.05, 0.1) is 5.69 Å². The summed E-state index contributed by atoms with van der Waals surface area (Å²) in [6.45, 7) is 4.79. The first-order chi connectivity index (χ1) is 11.6. The topological polar surface area (TPSA) is 53.4 Å². The summed E-state index contributed by atoms with van der Waals surface area (Å²) in [6, 6.07) is 17.6. The Morgan fingerprint density at radius 1 is 1.17 bits per heavy atom. The number of thiazole rings is 1. The van der Waals surface area contributed by atoms with Crippen LogP contribution < -0.4 is 4.90 Å². The zero-order valence-corrected chi connectivity index (χ0v) is 14.4. The summed E-state index contributed by atoms with van der Waals surface area (Å²) >= 11 is 1.21. The van der Waals surface area contributed by atoms with E-state index in [0.29, 0.717) is 17.4 Å². The van der Waals surface area contributed by atoms with Crippen molar-refractivity contribution in [2.45, 2.75) is 13.8 Å². The van der Waals surface area contributed by atoms with Crippen LogP contribution in [0.2, 0.25) is 0 Å². The molecule has 3 rings (SSSR count). The minimum Gasteiger partial charge on any atom is -0.477 e. The highest BCUT2D eigenvalue weighted by Gasteiger charge is 2.22. The number of nitrogens with zero attached hydrogens (tertiary/aromatic N) is 2. The maximum atomic E-state index is 11.7. The van der Waals surface area contributed by atoms with E-state index in [1.54, 1.807) is 0 Å². The number of aryl methyl sites for hydroxylation is 1. The van der Waals surface area contributed by atoms with E-state index in [4.69, 9.17) is 0 Å². The third kappa shape index (κ3) is 3.16. The molecule has 0 saturated carbocycles. The minimum atomic E-state index is -0.946. The molecule has 0 fully saturated rings. The molecule has 5 heteroatoms. The summed E-state index contributed by atoms with van der Waals surface area (Å²) in [5.74, 6) is -0.946. The van der Waals surface area contributed by atoms with Gasteiger partial charge in [0.15, 0.2) is 5.13 Å². The Morgan fingerprint density at radius 2 is 1.92 bits per heavy atom. The number of anilines is 2. The average Bonchev–Trinajstić information content (AvgIpc) is 3.02. The van der Waals surface area contributed by atoms with E-state index in [9.17, 15) is 9.90 Å². The third-order valence-electron chi connectivity index (χ3n) is 3.72. The molecular weight excluding hydrogens is 320 g/mol. The number of benzene rings is 2. The van der Waals surface area contributed by atoms with Gasteiger partial charge in [0.2, 0.25) is 0 Å². The van der Waals surface area contributed by atoms with Crippen LogP contribution in [0, 0.1) is 6.92 Å². The summed E-state index contributed by atoms with van der Waals surface area (Å²) in [5, 5.41) is 10.3. The van der Waals surface area contributed by atoms with Crippen molar-refractivity contribution in [1.82, 2.24) is 4.98 Å². The van der Waals surface area contributed by atoms with E-state index in [1.807, 2.05) is 67.3 Å². The fourth-order valence-electron chi connectivity index (χ4n) is 2.59. The van der Waals surface area contributed by atoms with E-state index < -0.39 is 5.97 Å². The quantitative estimate of drug-likeness (QED) is 0.713. The lowest BCUT2D eigenvalue weighted by Crippen LogP contribution is -2.15. The molecule has 1 N–H and O–H groups in total. The third-order valence-corrected chi connectivity index (χ3v) is 4.78. The summed E-state index contributed by atoms with van der Waals surface area (Å²) in [5.41, 5.74) is 3.51. The predicted octanol–water partition coefficient (Wildman–Crippen LogP) is 4.97. The van der Waals surface area contributed by atoms with Gasteiger partial charge in [-0.2, -0.15) is 0 Å². The summed E-state index contributed by atoms with van der Waals surface area (Å²) in [7, 11) is 0. The first kappa shape index (κ1) is 16.2. The number of rotatable bonds is 5. The maximum Gasteiger partial charge on any atom is 0.348 e. The number of carbonyl (C=O) groups is 1. The Kier molecular flexibility index (Phi) is 4.62. The molecule has 0 radical (unpaired) electrons. The summed E-state index contributed by atoms with van der Waals surface area (Å²) < 4.78 is 0. The molecule has 0 saturated heterocycles. The molecule has 0 amide bonds. The number of carboxylic acid groups (broad SMARTS) is 1. The normalized spacial score (nSPS) is 10.6. The number of aromatic carboxylic acids is 1. The molecule has 4 nitrogen and oxygen atoms in total. The predicted molar refractivity (Wildman–Crippen MR) is 98.4 cm³/mol. The SMILES string of the molecule is CCN(c1cccc(C)c1)c1nc(-c2ccccc2)c(C(=O)O)s1. The van der Waals surface area contributed by atoms with Gasteiger partial charge in [-0.25, -0.2) is 9.78 Å². The van der Waals surface area contributed by atoms with Gasteiger partial charge < -0.3 is 10.0 Å². The molecule has 122 valence electrons.